The molecule has 4 nitrogen and oxygen atoms in total. The van der Waals surface area contributed by atoms with Crippen molar-refractivity contribution in [2.75, 3.05) is 6.61 Å². The van der Waals surface area contributed by atoms with Crippen LogP contribution in [0, 0.1) is 29.1 Å². The average molecular weight is 244 g/mol. The van der Waals surface area contributed by atoms with E-state index in [1.54, 1.807) is 12.1 Å². The molecule has 3 atom stereocenters. The number of hydrogen-bond donors (Lipinski definition) is 1. The van der Waals surface area contributed by atoms with Crippen LogP contribution in [0.3, 0.4) is 0 Å². The van der Waals surface area contributed by atoms with Crippen LogP contribution >= 0.6 is 0 Å². The number of hydrogen-bond acceptors (Lipinski definition) is 3. The number of nitrogens with zero attached hydrogens (tertiary/aromatic N) is 1. The molecule has 2 saturated carbocycles. The van der Waals surface area contributed by atoms with E-state index in [4.69, 9.17) is 10.00 Å². The van der Waals surface area contributed by atoms with Crippen LogP contribution in [0.5, 0.6) is 0 Å². The SMILES string of the molecule is N#Cc1ccc(C(=O)OCC2CCC3CC3C2)[nH]1. The van der Waals surface area contributed by atoms with Gasteiger partial charge in [-0.3, -0.25) is 0 Å². The minimum atomic E-state index is -0.352. The Kier molecular flexibility index (Phi) is 2.83. The lowest BCUT2D eigenvalue weighted by molar-refractivity contribution is 0.0400. The number of aromatic amines is 1. The zero-order chi connectivity index (χ0) is 12.5. The molecule has 0 amide bonds. The van der Waals surface area contributed by atoms with Gasteiger partial charge in [-0.25, -0.2) is 4.79 Å². The highest BCUT2D eigenvalue weighted by molar-refractivity contribution is 5.87. The molecule has 0 spiro atoms. The Balaban J connectivity index is 1.50. The highest BCUT2D eigenvalue weighted by Crippen LogP contribution is 2.51. The fourth-order valence-corrected chi connectivity index (χ4v) is 2.95. The summed E-state index contributed by atoms with van der Waals surface area (Å²) >= 11 is 0. The van der Waals surface area contributed by atoms with Gasteiger partial charge in [-0.15, -0.1) is 0 Å². The third-order valence-corrected chi connectivity index (χ3v) is 4.13. The summed E-state index contributed by atoms with van der Waals surface area (Å²) in [7, 11) is 0. The maximum absolute atomic E-state index is 11.7. The van der Waals surface area contributed by atoms with Crippen LogP contribution in [-0.2, 0) is 4.74 Å². The van der Waals surface area contributed by atoms with Crippen molar-refractivity contribution in [2.45, 2.75) is 25.7 Å². The number of rotatable bonds is 3. The maximum Gasteiger partial charge on any atom is 0.354 e. The maximum atomic E-state index is 11.7. The fraction of sp³-hybridized carbons (Fsp3) is 0.571. The summed E-state index contributed by atoms with van der Waals surface area (Å²) in [5, 5.41) is 8.67. The molecule has 1 aromatic rings. The normalized spacial score (nSPS) is 29.2. The van der Waals surface area contributed by atoms with Gasteiger partial charge in [-0.2, -0.15) is 5.26 Å². The lowest BCUT2D eigenvalue weighted by atomic mass is 9.90. The second-order valence-electron chi connectivity index (χ2n) is 5.43. The van der Waals surface area contributed by atoms with E-state index in [2.05, 4.69) is 4.98 Å². The summed E-state index contributed by atoms with van der Waals surface area (Å²) in [4.78, 5) is 14.5. The molecular weight excluding hydrogens is 228 g/mol. The quantitative estimate of drug-likeness (QED) is 0.831. The van der Waals surface area contributed by atoms with Gasteiger partial charge in [0.25, 0.3) is 0 Å². The molecule has 3 rings (SSSR count). The van der Waals surface area contributed by atoms with Crippen molar-refractivity contribution in [2.24, 2.45) is 17.8 Å². The molecule has 2 aliphatic rings. The predicted molar refractivity (Wildman–Crippen MR) is 64.7 cm³/mol. The summed E-state index contributed by atoms with van der Waals surface area (Å²) in [6, 6.07) is 5.14. The van der Waals surface area contributed by atoms with E-state index in [1.807, 2.05) is 6.07 Å². The molecule has 3 unspecified atom stereocenters. The van der Waals surface area contributed by atoms with E-state index >= 15 is 0 Å². The molecular formula is C14H16N2O2. The first-order valence-corrected chi connectivity index (χ1v) is 6.52. The van der Waals surface area contributed by atoms with E-state index in [0.29, 0.717) is 23.9 Å². The van der Waals surface area contributed by atoms with Crippen molar-refractivity contribution in [3.63, 3.8) is 0 Å². The molecule has 0 bridgehead atoms. The highest BCUT2D eigenvalue weighted by atomic mass is 16.5. The van der Waals surface area contributed by atoms with Crippen LogP contribution in [0.2, 0.25) is 0 Å². The Bertz CT molecular complexity index is 500. The fourth-order valence-electron chi connectivity index (χ4n) is 2.95. The average Bonchev–Trinajstić information content (AvgIpc) is 3.00. The van der Waals surface area contributed by atoms with Crippen LogP contribution in [0.4, 0.5) is 0 Å². The smallest absolute Gasteiger partial charge is 0.354 e. The van der Waals surface area contributed by atoms with Gasteiger partial charge in [0.1, 0.15) is 17.5 Å². The van der Waals surface area contributed by atoms with Gasteiger partial charge < -0.3 is 9.72 Å². The van der Waals surface area contributed by atoms with Crippen LogP contribution < -0.4 is 0 Å². The zero-order valence-electron chi connectivity index (χ0n) is 10.2. The number of fused-ring (bicyclic) bond motifs is 1. The minimum absolute atomic E-state index is 0.352. The Morgan fingerprint density at radius 1 is 1.39 bits per heavy atom. The van der Waals surface area contributed by atoms with Gasteiger partial charge >= 0.3 is 5.97 Å². The number of nitrogens with one attached hydrogen (secondary N) is 1. The summed E-state index contributed by atoms with van der Waals surface area (Å²) in [6.07, 6.45) is 5.08. The standard InChI is InChI=1S/C14H16N2O2/c15-7-12-3-4-13(16-12)14(17)18-8-9-1-2-10-6-11(10)5-9/h3-4,9-11,16H,1-2,5-6,8H2. The summed E-state index contributed by atoms with van der Waals surface area (Å²) < 4.78 is 5.31. The first kappa shape index (κ1) is 11.3. The van der Waals surface area contributed by atoms with Gasteiger partial charge in [0, 0.05) is 0 Å². The van der Waals surface area contributed by atoms with E-state index in [1.165, 1.54) is 25.7 Å². The predicted octanol–water partition coefficient (Wildman–Crippen LogP) is 2.48. The van der Waals surface area contributed by atoms with Gasteiger partial charge in [0.05, 0.1) is 6.61 Å². The van der Waals surface area contributed by atoms with E-state index in [-0.39, 0.29) is 5.97 Å². The second kappa shape index (κ2) is 4.49. The van der Waals surface area contributed by atoms with Gasteiger partial charge in [-0.05, 0) is 55.6 Å². The third-order valence-electron chi connectivity index (χ3n) is 4.13. The van der Waals surface area contributed by atoms with Gasteiger partial charge in [0.2, 0.25) is 0 Å². The van der Waals surface area contributed by atoms with Crippen molar-refractivity contribution in [1.29, 1.82) is 5.26 Å². The molecule has 0 aromatic carbocycles. The number of ether oxygens (including phenoxy) is 1. The number of aromatic nitrogens is 1. The molecule has 1 heterocycles. The van der Waals surface area contributed by atoms with Crippen molar-refractivity contribution < 1.29 is 9.53 Å². The topological polar surface area (TPSA) is 65.9 Å². The van der Waals surface area contributed by atoms with Gasteiger partial charge in [0.15, 0.2) is 0 Å². The summed E-state index contributed by atoms with van der Waals surface area (Å²) in [5.74, 6) is 2.05. The Labute approximate surface area is 106 Å². The Morgan fingerprint density at radius 2 is 2.28 bits per heavy atom. The zero-order valence-corrected chi connectivity index (χ0v) is 10.2. The third kappa shape index (κ3) is 2.26. The first-order valence-electron chi connectivity index (χ1n) is 6.52. The molecule has 0 aliphatic heterocycles. The highest BCUT2D eigenvalue weighted by Gasteiger charge is 2.42. The largest absolute Gasteiger partial charge is 0.461 e. The van der Waals surface area contributed by atoms with Gasteiger partial charge in [-0.1, -0.05) is 0 Å². The summed E-state index contributed by atoms with van der Waals surface area (Å²) in [6.45, 7) is 0.517. The Morgan fingerprint density at radius 3 is 3.00 bits per heavy atom. The number of esters is 1. The molecule has 18 heavy (non-hydrogen) atoms. The molecule has 1 aromatic heterocycles. The molecule has 0 saturated heterocycles. The monoisotopic (exact) mass is 244 g/mol. The van der Waals surface area contributed by atoms with Crippen molar-refractivity contribution >= 4 is 5.97 Å². The lowest BCUT2D eigenvalue weighted by Crippen LogP contribution is -2.18. The van der Waals surface area contributed by atoms with E-state index in [9.17, 15) is 4.79 Å². The molecule has 0 radical (unpaired) electrons. The minimum Gasteiger partial charge on any atom is -0.461 e. The molecule has 1 N–H and O–H groups in total. The number of H-pyrrole nitrogens is 1. The molecule has 2 fully saturated rings. The van der Waals surface area contributed by atoms with E-state index in [0.717, 1.165) is 11.8 Å². The molecule has 94 valence electrons. The van der Waals surface area contributed by atoms with Crippen molar-refractivity contribution in [1.82, 2.24) is 4.98 Å². The van der Waals surface area contributed by atoms with Crippen molar-refractivity contribution in [3.05, 3.63) is 23.5 Å². The summed E-state index contributed by atoms with van der Waals surface area (Å²) in [5.41, 5.74) is 0.757. The van der Waals surface area contributed by atoms with E-state index < -0.39 is 0 Å². The first-order chi connectivity index (χ1) is 8.76. The van der Waals surface area contributed by atoms with Crippen LogP contribution in [0.15, 0.2) is 12.1 Å². The van der Waals surface area contributed by atoms with Crippen LogP contribution in [0.1, 0.15) is 41.9 Å². The van der Waals surface area contributed by atoms with Crippen LogP contribution in [-0.4, -0.2) is 17.6 Å². The second-order valence-corrected chi connectivity index (χ2v) is 5.43. The number of nitriles is 1. The van der Waals surface area contributed by atoms with Crippen molar-refractivity contribution in [3.8, 4) is 6.07 Å². The molecule has 4 heteroatoms. The Hall–Kier alpha value is -1.76. The molecule has 2 aliphatic carbocycles. The lowest BCUT2D eigenvalue weighted by Gasteiger charge is -2.20. The number of carbonyl (C=O) groups is 1. The van der Waals surface area contributed by atoms with Crippen LogP contribution in [0.25, 0.3) is 0 Å². The number of carbonyl (C=O) groups excluding carboxylic acids is 1.